The third-order valence-electron chi connectivity index (χ3n) is 3.55. The number of nitrogens with zero attached hydrogens (tertiary/aromatic N) is 1. The molecule has 0 spiro atoms. The molecule has 0 aliphatic heterocycles. The summed E-state index contributed by atoms with van der Waals surface area (Å²) < 4.78 is 0. The van der Waals surface area contributed by atoms with Gasteiger partial charge in [-0.05, 0) is 25.0 Å². The maximum Gasteiger partial charge on any atom is 0.230 e. The van der Waals surface area contributed by atoms with Crippen LogP contribution in [-0.4, -0.2) is 5.91 Å². The lowest BCUT2D eigenvalue weighted by molar-refractivity contribution is -0.124. The first kappa shape index (κ1) is 11.7. The van der Waals surface area contributed by atoms with Crippen molar-refractivity contribution in [3.8, 4) is 6.07 Å². The van der Waals surface area contributed by atoms with Gasteiger partial charge >= 0.3 is 0 Å². The van der Waals surface area contributed by atoms with Gasteiger partial charge in [-0.15, -0.1) is 0 Å². The zero-order valence-corrected chi connectivity index (χ0v) is 9.99. The Bertz CT molecular complexity index is 467. The minimum Gasteiger partial charge on any atom is -0.324 e. The molecule has 0 heterocycles. The van der Waals surface area contributed by atoms with Crippen molar-refractivity contribution >= 4 is 11.6 Å². The Hall–Kier alpha value is -1.82. The normalized spacial score (nSPS) is 17.4. The molecule has 0 aromatic heterocycles. The molecule has 1 amide bonds. The molecule has 1 aromatic carbocycles. The molecule has 88 valence electrons. The van der Waals surface area contributed by atoms with Gasteiger partial charge in [-0.2, -0.15) is 5.26 Å². The Labute approximate surface area is 101 Å². The van der Waals surface area contributed by atoms with E-state index in [1.54, 1.807) is 18.2 Å². The molecule has 1 saturated carbocycles. The molecule has 0 bridgehead atoms. The summed E-state index contributed by atoms with van der Waals surface area (Å²) in [4.78, 5) is 12.2. The Morgan fingerprint density at radius 2 is 2.00 bits per heavy atom. The van der Waals surface area contributed by atoms with Crippen LogP contribution in [0.5, 0.6) is 0 Å². The largest absolute Gasteiger partial charge is 0.324 e. The second-order valence-electron chi connectivity index (χ2n) is 4.88. The quantitative estimate of drug-likeness (QED) is 0.845. The highest BCUT2D eigenvalue weighted by Gasteiger charge is 2.36. The van der Waals surface area contributed by atoms with Crippen LogP contribution < -0.4 is 5.32 Å². The molecule has 0 atom stereocenters. The number of hydrogen-bond donors (Lipinski definition) is 1. The molecule has 1 aromatic rings. The number of nitrogens with one attached hydrogen (secondary N) is 1. The molecule has 0 unspecified atom stereocenters. The van der Waals surface area contributed by atoms with E-state index >= 15 is 0 Å². The van der Waals surface area contributed by atoms with Gasteiger partial charge in [0.05, 0.1) is 11.3 Å². The van der Waals surface area contributed by atoms with Crippen LogP contribution in [0.3, 0.4) is 0 Å². The molecular formula is C14H16N2O. The number of anilines is 1. The predicted octanol–water partition coefficient (Wildman–Crippen LogP) is 3.08. The Morgan fingerprint density at radius 3 is 2.65 bits per heavy atom. The van der Waals surface area contributed by atoms with E-state index in [0.717, 1.165) is 25.7 Å². The molecule has 3 heteroatoms. The topological polar surface area (TPSA) is 52.9 Å². The van der Waals surface area contributed by atoms with Gasteiger partial charge < -0.3 is 5.32 Å². The second kappa shape index (κ2) is 4.58. The average molecular weight is 228 g/mol. The summed E-state index contributed by atoms with van der Waals surface area (Å²) in [5, 5.41) is 11.8. The Balaban J connectivity index is 2.16. The third kappa shape index (κ3) is 2.31. The summed E-state index contributed by atoms with van der Waals surface area (Å²) in [5.74, 6) is 0.0395. The minimum absolute atomic E-state index is 0.0395. The monoisotopic (exact) mass is 228 g/mol. The molecule has 3 nitrogen and oxygen atoms in total. The van der Waals surface area contributed by atoms with E-state index in [-0.39, 0.29) is 11.3 Å². The fourth-order valence-electron chi connectivity index (χ4n) is 2.35. The van der Waals surface area contributed by atoms with Crippen LogP contribution in [0.4, 0.5) is 5.69 Å². The molecule has 1 N–H and O–H groups in total. The van der Waals surface area contributed by atoms with Gasteiger partial charge in [-0.3, -0.25) is 4.79 Å². The summed E-state index contributed by atoms with van der Waals surface area (Å²) in [6, 6.07) is 9.20. The number of carbonyl (C=O) groups excluding carboxylic acids is 1. The first-order valence-corrected chi connectivity index (χ1v) is 5.96. The standard InChI is InChI=1S/C14H16N2O/c1-14(8-4-5-9-14)13(17)16-12-7-3-2-6-11(12)10-15/h2-3,6-7H,4-5,8-9H2,1H3,(H,16,17). The average Bonchev–Trinajstić information content (AvgIpc) is 2.78. The summed E-state index contributed by atoms with van der Waals surface area (Å²) in [5.41, 5.74) is 0.873. The summed E-state index contributed by atoms with van der Waals surface area (Å²) in [6.07, 6.45) is 4.11. The highest BCUT2D eigenvalue weighted by molar-refractivity contribution is 5.96. The fraction of sp³-hybridized carbons (Fsp3) is 0.429. The van der Waals surface area contributed by atoms with E-state index in [0.29, 0.717) is 11.3 Å². The summed E-state index contributed by atoms with van der Waals surface area (Å²) >= 11 is 0. The lowest BCUT2D eigenvalue weighted by Gasteiger charge is -2.22. The molecule has 17 heavy (non-hydrogen) atoms. The van der Waals surface area contributed by atoms with Crippen molar-refractivity contribution in [1.29, 1.82) is 5.26 Å². The zero-order chi connectivity index (χ0) is 12.3. The van der Waals surface area contributed by atoms with Gasteiger partial charge in [0.15, 0.2) is 0 Å². The maximum absolute atomic E-state index is 12.2. The van der Waals surface area contributed by atoms with Crippen molar-refractivity contribution in [3.05, 3.63) is 29.8 Å². The Morgan fingerprint density at radius 1 is 1.35 bits per heavy atom. The van der Waals surface area contributed by atoms with Crippen LogP contribution >= 0.6 is 0 Å². The molecule has 1 aliphatic rings. The van der Waals surface area contributed by atoms with Crippen LogP contribution in [0.1, 0.15) is 38.2 Å². The highest BCUT2D eigenvalue weighted by atomic mass is 16.2. The summed E-state index contributed by atoms with van der Waals surface area (Å²) in [6.45, 7) is 2.00. The van der Waals surface area contributed by atoms with Gasteiger partial charge in [0, 0.05) is 5.41 Å². The highest BCUT2D eigenvalue weighted by Crippen LogP contribution is 2.38. The van der Waals surface area contributed by atoms with Crippen molar-refractivity contribution in [2.45, 2.75) is 32.6 Å². The van der Waals surface area contributed by atoms with E-state index < -0.39 is 0 Å². The lowest BCUT2D eigenvalue weighted by Crippen LogP contribution is -2.31. The van der Waals surface area contributed by atoms with Gasteiger partial charge in [-0.1, -0.05) is 31.9 Å². The van der Waals surface area contributed by atoms with Gasteiger partial charge in [-0.25, -0.2) is 0 Å². The second-order valence-corrected chi connectivity index (χ2v) is 4.88. The van der Waals surface area contributed by atoms with Crippen LogP contribution in [0, 0.1) is 16.7 Å². The molecular weight excluding hydrogens is 212 g/mol. The number of amides is 1. The first-order valence-electron chi connectivity index (χ1n) is 5.96. The van der Waals surface area contributed by atoms with Gasteiger partial charge in [0.2, 0.25) is 5.91 Å². The maximum atomic E-state index is 12.2. The first-order chi connectivity index (χ1) is 8.15. The predicted molar refractivity (Wildman–Crippen MR) is 66.4 cm³/mol. The van der Waals surface area contributed by atoms with Crippen molar-refractivity contribution in [3.63, 3.8) is 0 Å². The number of rotatable bonds is 2. The zero-order valence-electron chi connectivity index (χ0n) is 9.99. The minimum atomic E-state index is -0.261. The van der Waals surface area contributed by atoms with Gasteiger partial charge in [0.25, 0.3) is 0 Å². The number of nitriles is 1. The van der Waals surface area contributed by atoms with Gasteiger partial charge in [0.1, 0.15) is 6.07 Å². The van der Waals surface area contributed by atoms with Crippen LogP contribution in [-0.2, 0) is 4.79 Å². The SMILES string of the molecule is CC1(C(=O)Nc2ccccc2C#N)CCCC1. The third-order valence-corrected chi connectivity index (χ3v) is 3.55. The van der Waals surface area contributed by atoms with Crippen LogP contribution in [0.2, 0.25) is 0 Å². The number of carbonyl (C=O) groups is 1. The van der Waals surface area contributed by atoms with Crippen molar-refractivity contribution < 1.29 is 4.79 Å². The number of benzene rings is 1. The van der Waals surface area contributed by atoms with Crippen molar-refractivity contribution in [1.82, 2.24) is 0 Å². The smallest absolute Gasteiger partial charge is 0.230 e. The van der Waals surface area contributed by atoms with E-state index in [1.165, 1.54) is 0 Å². The lowest BCUT2D eigenvalue weighted by atomic mass is 9.87. The molecule has 0 saturated heterocycles. The van der Waals surface area contributed by atoms with E-state index in [2.05, 4.69) is 11.4 Å². The molecule has 1 fully saturated rings. The molecule has 2 rings (SSSR count). The van der Waals surface area contributed by atoms with Crippen LogP contribution in [0.15, 0.2) is 24.3 Å². The van der Waals surface area contributed by atoms with E-state index in [4.69, 9.17) is 5.26 Å². The fourth-order valence-corrected chi connectivity index (χ4v) is 2.35. The number of hydrogen-bond acceptors (Lipinski definition) is 2. The molecule has 0 radical (unpaired) electrons. The summed E-state index contributed by atoms with van der Waals surface area (Å²) in [7, 11) is 0. The van der Waals surface area contributed by atoms with Crippen molar-refractivity contribution in [2.24, 2.45) is 5.41 Å². The van der Waals surface area contributed by atoms with E-state index in [1.807, 2.05) is 13.0 Å². The van der Waals surface area contributed by atoms with Crippen LogP contribution in [0.25, 0.3) is 0 Å². The Kier molecular flexibility index (Phi) is 3.14. The van der Waals surface area contributed by atoms with E-state index in [9.17, 15) is 4.79 Å². The van der Waals surface area contributed by atoms with Crippen molar-refractivity contribution in [2.75, 3.05) is 5.32 Å². The molecule has 1 aliphatic carbocycles. The number of para-hydroxylation sites is 1.